The third-order valence-corrected chi connectivity index (χ3v) is 4.24. The summed E-state index contributed by atoms with van der Waals surface area (Å²) in [5.41, 5.74) is 1.06. The second-order valence-corrected chi connectivity index (χ2v) is 5.88. The van der Waals surface area contributed by atoms with E-state index in [1.165, 1.54) is 0 Å². The molecule has 0 atom stereocenters. The molecule has 3 rings (SSSR count). The van der Waals surface area contributed by atoms with Crippen LogP contribution in [0.25, 0.3) is 0 Å². The molecule has 23 heavy (non-hydrogen) atoms. The zero-order valence-electron chi connectivity index (χ0n) is 13.3. The van der Waals surface area contributed by atoms with Crippen molar-refractivity contribution < 1.29 is 4.79 Å². The lowest BCUT2D eigenvalue weighted by Gasteiger charge is -2.33. The summed E-state index contributed by atoms with van der Waals surface area (Å²) in [6, 6.07) is 3.89. The fraction of sp³-hybridized carbons (Fsp3) is 0.412. The average Bonchev–Trinajstić information content (AvgIpc) is 2.63. The lowest BCUT2D eigenvalue weighted by Crippen LogP contribution is -2.41. The van der Waals surface area contributed by atoms with E-state index in [2.05, 4.69) is 19.9 Å². The number of pyridine rings is 1. The second-order valence-electron chi connectivity index (χ2n) is 5.88. The van der Waals surface area contributed by atoms with Crippen LogP contribution in [0.3, 0.4) is 0 Å². The molecule has 0 radical (unpaired) electrons. The van der Waals surface area contributed by atoms with Crippen molar-refractivity contribution in [3.05, 3.63) is 48.7 Å². The summed E-state index contributed by atoms with van der Waals surface area (Å²) in [5.74, 6) is 1.19. The van der Waals surface area contributed by atoms with Gasteiger partial charge in [-0.2, -0.15) is 0 Å². The third-order valence-electron chi connectivity index (χ3n) is 4.24. The lowest BCUT2D eigenvalue weighted by molar-refractivity contribution is -0.135. The first kappa shape index (κ1) is 15.4. The number of nitrogens with zero attached hydrogens (tertiary/aromatic N) is 5. The minimum atomic E-state index is 0.0876. The van der Waals surface area contributed by atoms with Crippen LogP contribution in [0.5, 0.6) is 0 Å². The molecule has 0 saturated carbocycles. The standard InChI is InChI=1S/C17H21N5O/c1-21(13-14-3-2-6-18-11-14)17(23)15-4-9-22(10-5-15)16-12-19-7-8-20-16/h2-3,6-8,11-12,15H,4-5,9-10,13H2,1H3. The van der Waals surface area contributed by atoms with E-state index in [1.54, 1.807) is 35.9 Å². The fourth-order valence-corrected chi connectivity index (χ4v) is 2.97. The minimum absolute atomic E-state index is 0.0876. The first-order chi connectivity index (χ1) is 11.2. The van der Waals surface area contributed by atoms with E-state index in [0.717, 1.165) is 37.3 Å². The summed E-state index contributed by atoms with van der Waals surface area (Å²) in [6.45, 7) is 2.29. The first-order valence-electron chi connectivity index (χ1n) is 7.89. The van der Waals surface area contributed by atoms with E-state index in [0.29, 0.717) is 6.54 Å². The van der Waals surface area contributed by atoms with E-state index >= 15 is 0 Å². The number of piperidine rings is 1. The molecule has 6 heteroatoms. The van der Waals surface area contributed by atoms with Crippen LogP contribution in [0.2, 0.25) is 0 Å². The summed E-state index contributed by atoms with van der Waals surface area (Å²) in [4.78, 5) is 29.1. The molecule has 0 N–H and O–H groups in total. The first-order valence-corrected chi connectivity index (χ1v) is 7.89. The Kier molecular flexibility index (Phi) is 4.80. The maximum atomic E-state index is 12.6. The average molecular weight is 311 g/mol. The highest BCUT2D eigenvalue weighted by molar-refractivity contribution is 5.78. The number of rotatable bonds is 4. The molecule has 2 aromatic rings. The molecule has 0 aliphatic carbocycles. The van der Waals surface area contributed by atoms with Gasteiger partial charge in [-0.05, 0) is 24.5 Å². The van der Waals surface area contributed by atoms with Gasteiger partial charge in [0.1, 0.15) is 5.82 Å². The van der Waals surface area contributed by atoms with Gasteiger partial charge in [0.05, 0.1) is 6.20 Å². The Morgan fingerprint density at radius 1 is 1.22 bits per heavy atom. The van der Waals surface area contributed by atoms with Crippen LogP contribution in [-0.2, 0) is 11.3 Å². The Hall–Kier alpha value is -2.50. The van der Waals surface area contributed by atoms with Gasteiger partial charge in [0.25, 0.3) is 0 Å². The molecule has 2 aromatic heterocycles. The molecule has 6 nitrogen and oxygen atoms in total. The summed E-state index contributed by atoms with van der Waals surface area (Å²) in [6.07, 6.45) is 10.4. The van der Waals surface area contributed by atoms with E-state index < -0.39 is 0 Å². The van der Waals surface area contributed by atoms with E-state index in [4.69, 9.17) is 0 Å². The fourth-order valence-electron chi connectivity index (χ4n) is 2.97. The topological polar surface area (TPSA) is 62.2 Å². The summed E-state index contributed by atoms with van der Waals surface area (Å²) >= 11 is 0. The van der Waals surface area contributed by atoms with Crippen LogP contribution in [0.1, 0.15) is 18.4 Å². The number of carbonyl (C=O) groups excluding carboxylic acids is 1. The van der Waals surface area contributed by atoms with E-state index in [9.17, 15) is 4.79 Å². The SMILES string of the molecule is CN(Cc1cccnc1)C(=O)C1CCN(c2cnccn2)CC1. The Morgan fingerprint density at radius 3 is 2.65 bits per heavy atom. The van der Waals surface area contributed by atoms with Gasteiger partial charge in [0.15, 0.2) is 0 Å². The molecule has 0 aromatic carbocycles. The minimum Gasteiger partial charge on any atom is -0.355 e. The second kappa shape index (κ2) is 7.17. The van der Waals surface area contributed by atoms with Crippen molar-refractivity contribution in [2.24, 2.45) is 5.92 Å². The monoisotopic (exact) mass is 311 g/mol. The number of hydrogen-bond donors (Lipinski definition) is 0. The molecule has 0 bridgehead atoms. The van der Waals surface area contributed by atoms with Crippen molar-refractivity contribution in [1.82, 2.24) is 19.9 Å². The highest BCUT2D eigenvalue weighted by Gasteiger charge is 2.27. The Bertz CT molecular complexity index is 626. The number of carbonyl (C=O) groups is 1. The molecule has 0 spiro atoms. The van der Waals surface area contributed by atoms with E-state index in [1.807, 2.05) is 19.2 Å². The predicted octanol–water partition coefficient (Wildman–Crippen LogP) is 1.75. The Morgan fingerprint density at radius 2 is 2.00 bits per heavy atom. The zero-order valence-corrected chi connectivity index (χ0v) is 13.3. The summed E-state index contributed by atoms with van der Waals surface area (Å²) < 4.78 is 0. The van der Waals surface area contributed by atoms with Crippen molar-refractivity contribution in [1.29, 1.82) is 0 Å². The number of aromatic nitrogens is 3. The number of hydrogen-bond acceptors (Lipinski definition) is 5. The molecule has 1 amide bonds. The molecular formula is C17H21N5O. The van der Waals surface area contributed by atoms with Crippen molar-refractivity contribution in [2.75, 3.05) is 25.0 Å². The molecule has 1 aliphatic rings. The van der Waals surface area contributed by atoms with Crippen molar-refractivity contribution in [2.45, 2.75) is 19.4 Å². The highest BCUT2D eigenvalue weighted by atomic mass is 16.2. The molecule has 1 saturated heterocycles. The molecular weight excluding hydrogens is 290 g/mol. The summed E-state index contributed by atoms with van der Waals surface area (Å²) in [7, 11) is 1.87. The van der Waals surface area contributed by atoms with Crippen LogP contribution in [-0.4, -0.2) is 45.9 Å². The van der Waals surface area contributed by atoms with Crippen molar-refractivity contribution in [3.8, 4) is 0 Å². The molecule has 3 heterocycles. The molecule has 0 unspecified atom stereocenters. The molecule has 1 fully saturated rings. The normalized spacial score (nSPS) is 15.4. The van der Waals surface area contributed by atoms with Gasteiger partial charge in [0.2, 0.25) is 5.91 Å². The van der Waals surface area contributed by atoms with Gasteiger partial charge in [-0.15, -0.1) is 0 Å². The maximum Gasteiger partial charge on any atom is 0.225 e. The quantitative estimate of drug-likeness (QED) is 0.861. The van der Waals surface area contributed by atoms with Crippen LogP contribution in [0.4, 0.5) is 5.82 Å². The van der Waals surface area contributed by atoms with Gasteiger partial charge >= 0.3 is 0 Å². The van der Waals surface area contributed by atoms with Gasteiger partial charge < -0.3 is 9.80 Å². The van der Waals surface area contributed by atoms with Crippen LogP contribution in [0.15, 0.2) is 43.1 Å². The highest BCUT2D eigenvalue weighted by Crippen LogP contribution is 2.23. The summed E-state index contributed by atoms with van der Waals surface area (Å²) in [5, 5.41) is 0. The zero-order chi connectivity index (χ0) is 16.1. The van der Waals surface area contributed by atoms with Gasteiger partial charge in [-0.25, -0.2) is 4.98 Å². The smallest absolute Gasteiger partial charge is 0.225 e. The van der Waals surface area contributed by atoms with Crippen LogP contribution >= 0.6 is 0 Å². The Balaban J connectivity index is 1.54. The molecule has 120 valence electrons. The molecule has 1 aliphatic heterocycles. The Labute approximate surface area is 136 Å². The van der Waals surface area contributed by atoms with E-state index in [-0.39, 0.29) is 11.8 Å². The van der Waals surface area contributed by atoms with Gasteiger partial charge in [-0.3, -0.25) is 14.8 Å². The third kappa shape index (κ3) is 3.83. The lowest BCUT2D eigenvalue weighted by atomic mass is 9.95. The predicted molar refractivity (Wildman–Crippen MR) is 87.7 cm³/mol. The van der Waals surface area contributed by atoms with Crippen LogP contribution in [0, 0.1) is 5.92 Å². The number of anilines is 1. The van der Waals surface area contributed by atoms with Gasteiger partial charge in [0, 0.05) is 57.4 Å². The number of amides is 1. The van der Waals surface area contributed by atoms with Gasteiger partial charge in [-0.1, -0.05) is 6.07 Å². The van der Waals surface area contributed by atoms with Crippen LogP contribution < -0.4 is 4.90 Å². The van der Waals surface area contributed by atoms with Crippen molar-refractivity contribution in [3.63, 3.8) is 0 Å². The maximum absolute atomic E-state index is 12.6. The largest absolute Gasteiger partial charge is 0.355 e. The van der Waals surface area contributed by atoms with Crippen molar-refractivity contribution >= 4 is 11.7 Å².